The number of ether oxygens (including phenoxy) is 3. The molecule has 0 spiro atoms. The van der Waals surface area contributed by atoms with Crippen molar-refractivity contribution in [2.24, 2.45) is 0 Å². The molecule has 0 radical (unpaired) electrons. The normalized spacial score (nSPS) is 12.4. The number of hydrogen-bond acceptors (Lipinski definition) is 6. The van der Waals surface area contributed by atoms with Crippen molar-refractivity contribution in [3.8, 4) is 0 Å². The minimum Gasteiger partial charge on any atom is -0.462 e. The molecular weight excluding hydrogens is 877 g/mol. The molecule has 0 unspecified atom stereocenters. The Morgan fingerprint density at radius 2 is 0.507 bits per heavy atom. The Morgan fingerprint density at radius 1 is 0.282 bits per heavy atom. The van der Waals surface area contributed by atoms with Crippen LogP contribution in [0.3, 0.4) is 0 Å². The molecule has 0 aromatic rings. The van der Waals surface area contributed by atoms with Crippen LogP contribution < -0.4 is 0 Å². The van der Waals surface area contributed by atoms with E-state index in [4.69, 9.17) is 14.2 Å². The summed E-state index contributed by atoms with van der Waals surface area (Å²) in [5.74, 6) is -0.905. The van der Waals surface area contributed by atoms with Crippen LogP contribution in [-0.4, -0.2) is 37.2 Å². The average molecular weight is 994 g/mol. The predicted molar refractivity (Wildman–Crippen MR) is 307 cm³/mol. The highest BCUT2D eigenvalue weighted by Crippen LogP contribution is 2.17. The molecule has 6 nitrogen and oxygen atoms in total. The van der Waals surface area contributed by atoms with Crippen LogP contribution >= 0.6 is 0 Å². The van der Waals surface area contributed by atoms with E-state index < -0.39 is 6.10 Å². The highest BCUT2D eigenvalue weighted by molar-refractivity contribution is 5.71. The number of unbranched alkanes of at least 4 members (excludes halogenated alkanes) is 35. The van der Waals surface area contributed by atoms with Crippen molar-refractivity contribution in [2.75, 3.05) is 13.2 Å². The SMILES string of the molecule is CCCCC/C=C\C/C=C\C/C=C\C/C=C\CCCCCC(=O)O[C@H](COC(=O)CCCCCCCCC/C=C\CCCCCC)COC(=O)CCCCCCCCCCCCCCCCCCCCC. The van der Waals surface area contributed by atoms with Gasteiger partial charge in [-0.3, -0.25) is 14.4 Å². The maximum Gasteiger partial charge on any atom is 0.306 e. The van der Waals surface area contributed by atoms with Crippen LogP contribution in [0.2, 0.25) is 0 Å². The van der Waals surface area contributed by atoms with E-state index in [9.17, 15) is 14.4 Å². The summed E-state index contributed by atoms with van der Waals surface area (Å²) in [6.07, 6.45) is 75.0. The van der Waals surface area contributed by atoms with E-state index in [-0.39, 0.29) is 31.1 Å². The lowest BCUT2D eigenvalue weighted by atomic mass is 10.0. The standard InChI is InChI=1S/C65H116O6/c1-4-7-10-13-16-19-22-25-28-30-32-34-37-40-43-46-49-52-55-58-64(67)70-61-62(60-69-63(66)57-54-51-48-45-42-39-36-27-24-21-18-15-12-9-6-3)71-65(68)59-56-53-50-47-44-41-38-35-33-31-29-26-23-20-17-14-11-8-5-2/h17,20-21,24,26,29,33,35,41,44,62H,4-16,18-19,22-23,25,27-28,30-32,34,36-40,42-43,45-61H2,1-3H3/b20-17-,24-21-,29-26-,35-33-,44-41-/t62-/m1/s1. The second-order valence-electron chi connectivity index (χ2n) is 20.6. The van der Waals surface area contributed by atoms with Crippen LogP contribution in [0.25, 0.3) is 0 Å². The molecule has 0 heterocycles. The number of hydrogen-bond donors (Lipinski definition) is 0. The van der Waals surface area contributed by atoms with Gasteiger partial charge in [-0.2, -0.15) is 0 Å². The molecule has 0 aliphatic rings. The lowest BCUT2D eigenvalue weighted by Crippen LogP contribution is -2.30. The molecule has 0 rings (SSSR count). The zero-order valence-corrected chi connectivity index (χ0v) is 47.2. The largest absolute Gasteiger partial charge is 0.462 e. The highest BCUT2D eigenvalue weighted by atomic mass is 16.6. The first-order valence-electron chi connectivity index (χ1n) is 30.8. The molecule has 0 amide bonds. The summed E-state index contributed by atoms with van der Waals surface area (Å²) in [5, 5.41) is 0. The molecule has 0 aliphatic carbocycles. The zero-order chi connectivity index (χ0) is 51.4. The second kappa shape index (κ2) is 59.7. The Morgan fingerprint density at radius 3 is 0.859 bits per heavy atom. The maximum atomic E-state index is 12.9. The van der Waals surface area contributed by atoms with Gasteiger partial charge in [0.05, 0.1) is 0 Å². The molecular formula is C65H116O6. The summed E-state index contributed by atoms with van der Waals surface area (Å²) in [6, 6.07) is 0. The summed E-state index contributed by atoms with van der Waals surface area (Å²) >= 11 is 0. The van der Waals surface area contributed by atoms with Gasteiger partial charge in [-0.1, -0.05) is 268 Å². The number of carbonyl (C=O) groups excluding carboxylic acids is 3. The third kappa shape index (κ3) is 57.9. The molecule has 0 bridgehead atoms. The first kappa shape index (κ1) is 68.1. The van der Waals surface area contributed by atoms with Gasteiger partial charge < -0.3 is 14.2 Å². The first-order valence-corrected chi connectivity index (χ1v) is 30.8. The first-order chi connectivity index (χ1) is 35.0. The van der Waals surface area contributed by atoms with Crippen LogP contribution in [0.15, 0.2) is 60.8 Å². The molecule has 0 aromatic carbocycles. The Labute approximate surface area is 440 Å². The van der Waals surface area contributed by atoms with Crippen LogP contribution in [-0.2, 0) is 28.6 Å². The molecule has 71 heavy (non-hydrogen) atoms. The van der Waals surface area contributed by atoms with Gasteiger partial charge in [0.25, 0.3) is 0 Å². The zero-order valence-electron chi connectivity index (χ0n) is 47.2. The molecule has 0 N–H and O–H groups in total. The van der Waals surface area contributed by atoms with Gasteiger partial charge in [-0.15, -0.1) is 0 Å². The predicted octanol–water partition coefficient (Wildman–Crippen LogP) is 20.8. The number of esters is 3. The van der Waals surface area contributed by atoms with Gasteiger partial charge in [0.2, 0.25) is 0 Å². The molecule has 1 atom stereocenters. The molecule has 0 aliphatic heterocycles. The van der Waals surface area contributed by atoms with Crippen molar-refractivity contribution in [1.82, 2.24) is 0 Å². The van der Waals surface area contributed by atoms with Gasteiger partial charge >= 0.3 is 17.9 Å². The van der Waals surface area contributed by atoms with Crippen molar-refractivity contribution >= 4 is 17.9 Å². The van der Waals surface area contributed by atoms with E-state index in [0.717, 1.165) is 83.5 Å². The van der Waals surface area contributed by atoms with Gasteiger partial charge in [0, 0.05) is 19.3 Å². The van der Waals surface area contributed by atoms with Gasteiger partial charge in [-0.05, 0) is 89.9 Å². The third-order valence-corrected chi connectivity index (χ3v) is 13.5. The van der Waals surface area contributed by atoms with Crippen LogP contribution in [0.5, 0.6) is 0 Å². The number of carbonyl (C=O) groups is 3. The Balaban J connectivity index is 4.40. The van der Waals surface area contributed by atoms with Crippen LogP contribution in [0.1, 0.15) is 316 Å². The van der Waals surface area contributed by atoms with E-state index in [0.29, 0.717) is 19.3 Å². The summed E-state index contributed by atoms with van der Waals surface area (Å²) in [5.41, 5.74) is 0. The topological polar surface area (TPSA) is 78.9 Å². The van der Waals surface area contributed by atoms with E-state index >= 15 is 0 Å². The fourth-order valence-electron chi connectivity index (χ4n) is 8.83. The number of allylic oxidation sites excluding steroid dienone is 10. The summed E-state index contributed by atoms with van der Waals surface area (Å²) < 4.78 is 16.9. The molecule has 0 saturated heterocycles. The lowest BCUT2D eigenvalue weighted by molar-refractivity contribution is -0.167. The lowest BCUT2D eigenvalue weighted by Gasteiger charge is -2.18. The van der Waals surface area contributed by atoms with Gasteiger partial charge in [0.15, 0.2) is 6.10 Å². The minimum absolute atomic E-state index is 0.0855. The van der Waals surface area contributed by atoms with E-state index in [1.54, 1.807) is 0 Å². The smallest absolute Gasteiger partial charge is 0.306 e. The maximum absolute atomic E-state index is 12.9. The van der Waals surface area contributed by atoms with E-state index in [1.807, 2.05) is 0 Å². The van der Waals surface area contributed by atoms with Crippen molar-refractivity contribution in [3.05, 3.63) is 60.8 Å². The molecule has 0 saturated carbocycles. The molecule has 0 fully saturated rings. The van der Waals surface area contributed by atoms with Crippen molar-refractivity contribution in [1.29, 1.82) is 0 Å². The van der Waals surface area contributed by atoms with E-state index in [2.05, 4.69) is 81.5 Å². The van der Waals surface area contributed by atoms with E-state index in [1.165, 1.54) is 193 Å². The quantitative estimate of drug-likeness (QED) is 0.0261. The van der Waals surface area contributed by atoms with Crippen molar-refractivity contribution in [2.45, 2.75) is 322 Å². The minimum atomic E-state index is -0.792. The molecule has 6 heteroatoms. The van der Waals surface area contributed by atoms with Gasteiger partial charge in [0.1, 0.15) is 13.2 Å². The second-order valence-corrected chi connectivity index (χ2v) is 20.6. The molecule has 412 valence electrons. The summed E-state index contributed by atoms with van der Waals surface area (Å²) in [6.45, 7) is 6.61. The average Bonchev–Trinajstić information content (AvgIpc) is 3.37. The van der Waals surface area contributed by atoms with Crippen LogP contribution in [0.4, 0.5) is 0 Å². The van der Waals surface area contributed by atoms with Crippen molar-refractivity contribution < 1.29 is 28.6 Å². The Hall–Kier alpha value is -2.89. The fraction of sp³-hybridized carbons (Fsp3) is 0.800. The number of rotatable bonds is 56. The monoisotopic (exact) mass is 993 g/mol. The highest BCUT2D eigenvalue weighted by Gasteiger charge is 2.19. The van der Waals surface area contributed by atoms with Crippen molar-refractivity contribution in [3.63, 3.8) is 0 Å². The van der Waals surface area contributed by atoms with Crippen LogP contribution in [0, 0.1) is 0 Å². The third-order valence-electron chi connectivity index (χ3n) is 13.5. The fourth-order valence-corrected chi connectivity index (χ4v) is 8.83. The van der Waals surface area contributed by atoms with Gasteiger partial charge in [-0.25, -0.2) is 0 Å². The molecule has 0 aromatic heterocycles. The Bertz CT molecular complexity index is 1280. The summed E-state index contributed by atoms with van der Waals surface area (Å²) in [4.78, 5) is 38.2. The summed E-state index contributed by atoms with van der Waals surface area (Å²) in [7, 11) is 0. The Kier molecular flexibility index (Phi) is 57.2.